The van der Waals surface area contributed by atoms with E-state index >= 15 is 0 Å². The monoisotopic (exact) mass is 445 g/mol. The van der Waals surface area contributed by atoms with Crippen LogP contribution in [0.1, 0.15) is 34.5 Å². The van der Waals surface area contributed by atoms with Gasteiger partial charge in [0.25, 0.3) is 5.91 Å². The number of ether oxygens (including phenoxy) is 1. The smallest absolute Gasteiger partial charge is 0.433 e. The van der Waals surface area contributed by atoms with Gasteiger partial charge in [-0.15, -0.1) is 12.4 Å². The topological polar surface area (TPSA) is 88.7 Å². The highest BCUT2D eigenvalue weighted by molar-refractivity contribution is 5.94. The summed E-state index contributed by atoms with van der Waals surface area (Å²) in [5.41, 5.74) is 4.97. The highest BCUT2D eigenvalue weighted by Crippen LogP contribution is 2.31. The molecule has 2 heterocycles. The molecule has 3 rings (SSSR count). The first-order valence-corrected chi connectivity index (χ1v) is 9.26. The van der Waals surface area contributed by atoms with Crippen molar-refractivity contribution in [2.24, 2.45) is 11.7 Å². The number of alkyl halides is 3. The van der Waals surface area contributed by atoms with Crippen LogP contribution < -0.4 is 10.5 Å². The van der Waals surface area contributed by atoms with Crippen LogP contribution in [-0.4, -0.2) is 40.6 Å². The second-order valence-electron chi connectivity index (χ2n) is 6.97. The summed E-state index contributed by atoms with van der Waals surface area (Å²) in [4.78, 5) is 17.9. The number of rotatable bonds is 5. The molecular weight excluding hydrogens is 423 g/mol. The molecule has 6 nitrogen and oxygen atoms in total. The first kappa shape index (κ1) is 23.9. The van der Waals surface area contributed by atoms with Crippen molar-refractivity contribution in [1.29, 1.82) is 0 Å². The first-order valence-electron chi connectivity index (χ1n) is 9.26. The SMILES string of the molecule is Cl.NCc1cc(Oc2cccc(C(=O)N3CCC[C@H](CO)C3)c2)nc(C(F)(F)F)c1. The van der Waals surface area contributed by atoms with Gasteiger partial charge in [-0.3, -0.25) is 4.79 Å². The normalized spacial score (nSPS) is 16.7. The van der Waals surface area contributed by atoms with Gasteiger partial charge in [-0.1, -0.05) is 6.07 Å². The lowest BCUT2D eigenvalue weighted by Crippen LogP contribution is -2.40. The molecule has 1 aromatic carbocycles. The van der Waals surface area contributed by atoms with E-state index in [-0.39, 0.29) is 54.6 Å². The summed E-state index contributed by atoms with van der Waals surface area (Å²) in [6.45, 7) is 0.990. The zero-order valence-corrected chi connectivity index (χ0v) is 16.9. The van der Waals surface area contributed by atoms with E-state index in [4.69, 9.17) is 10.5 Å². The number of hydrogen-bond acceptors (Lipinski definition) is 5. The average Bonchev–Trinajstić information content (AvgIpc) is 2.72. The molecule has 2 aromatic rings. The van der Waals surface area contributed by atoms with Crippen LogP contribution in [0.2, 0.25) is 0 Å². The van der Waals surface area contributed by atoms with Crippen molar-refractivity contribution in [3.05, 3.63) is 53.2 Å². The molecule has 0 aliphatic carbocycles. The predicted octanol–water partition coefficient (Wildman–Crippen LogP) is 3.62. The summed E-state index contributed by atoms with van der Waals surface area (Å²) in [6.07, 6.45) is -2.95. The Balaban J connectivity index is 0.00000320. The second kappa shape index (κ2) is 10.1. The van der Waals surface area contributed by atoms with Crippen LogP contribution >= 0.6 is 12.4 Å². The minimum atomic E-state index is -4.63. The van der Waals surface area contributed by atoms with Gasteiger partial charge in [0, 0.05) is 37.9 Å². The molecule has 0 spiro atoms. The van der Waals surface area contributed by atoms with E-state index in [1.807, 2.05) is 0 Å². The molecule has 1 amide bonds. The van der Waals surface area contributed by atoms with Crippen molar-refractivity contribution in [1.82, 2.24) is 9.88 Å². The maximum absolute atomic E-state index is 13.0. The van der Waals surface area contributed by atoms with Gasteiger partial charge in [-0.2, -0.15) is 13.2 Å². The van der Waals surface area contributed by atoms with Gasteiger partial charge in [0.1, 0.15) is 11.4 Å². The number of nitrogens with two attached hydrogens (primary N) is 1. The maximum Gasteiger partial charge on any atom is 0.433 e. The molecule has 0 saturated carbocycles. The van der Waals surface area contributed by atoms with Crippen molar-refractivity contribution in [2.75, 3.05) is 19.7 Å². The predicted molar refractivity (Wildman–Crippen MR) is 107 cm³/mol. The fourth-order valence-corrected chi connectivity index (χ4v) is 3.27. The highest BCUT2D eigenvalue weighted by Gasteiger charge is 2.33. The van der Waals surface area contributed by atoms with Gasteiger partial charge in [-0.05, 0) is 48.6 Å². The van der Waals surface area contributed by atoms with E-state index < -0.39 is 11.9 Å². The Morgan fingerprint density at radius 1 is 1.30 bits per heavy atom. The van der Waals surface area contributed by atoms with Gasteiger partial charge < -0.3 is 20.5 Å². The first-order chi connectivity index (χ1) is 13.8. The van der Waals surface area contributed by atoms with Crippen molar-refractivity contribution in [2.45, 2.75) is 25.6 Å². The summed E-state index contributed by atoms with van der Waals surface area (Å²) in [5, 5.41) is 9.34. The summed E-state index contributed by atoms with van der Waals surface area (Å²) >= 11 is 0. The molecule has 1 aliphatic heterocycles. The van der Waals surface area contributed by atoms with Crippen LogP contribution in [0, 0.1) is 5.92 Å². The third-order valence-corrected chi connectivity index (χ3v) is 4.76. The molecule has 0 radical (unpaired) electrons. The molecule has 1 aromatic heterocycles. The maximum atomic E-state index is 13.0. The van der Waals surface area contributed by atoms with E-state index in [9.17, 15) is 23.1 Å². The van der Waals surface area contributed by atoms with Crippen molar-refractivity contribution in [3.8, 4) is 11.6 Å². The van der Waals surface area contributed by atoms with Gasteiger partial charge in [0.2, 0.25) is 5.88 Å². The Kier molecular flexibility index (Phi) is 8.05. The van der Waals surface area contributed by atoms with E-state index in [1.165, 1.54) is 18.2 Å². The van der Waals surface area contributed by atoms with Gasteiger partial charge in [-0.25, -0.2) is 4.98 Å². The number of piperidine rings is 1. The minimum absolute atomic E-state index is 0. The molecule has 30 heavy (non-hydrogen) atoms. The number of amides is 1. The van der Waals surface area contributed by atoms with E-state index in [0.717, 1.165) is 18.9 Å². The number of hydrogen-bond donors (Lipinski definition) is 2. The number of pyridine rings is 1. The molecule has 1 atom stereocenters. The third-order valence-electron chi connectivity index (χ3n) is 4.76. The molecule has 0 unspecified atom stereocenters. The van der Waals surface area contributed by atoms with Gasteiger partial charge in [0.15, 0.2) is 0 Å². The van der Waals surface area contributed by atoms with Crippen LogP contribution in [0.15, 0.2) is 36.4 Å². The Morgan fingerprint density at radius 2 is 2.07 bits per heavy atom. The summed E-state index contributed by atoms with van der Waals surface area (Å²) in [5.74, 6) is -0.214. The summed E-state index contributed by atoms with van der Waals surface area (Å²) in [7, 11) is 0. The van der Waals surface area contributed by atoms with Crippen molar-refractivity contribution >= 4 is 18.3 Å². The van der Waals surface area contributed by atoms with Crippen molar-refractivity contribution in [3.63, 3.8) is 0 Å². The second-order valence-corrected chi connectivity index (χ2v) is 6.97. The van der Waals surface area contributed by atoms with Gasteiger partial charge in [0.05, 0.1) is 0 Å². The quantitative estimate of drug-likeness (QED) is 0.733. The number of halogens is 4. The lowest BCUT2D eigenvalue weighted by molar-refractivity contribution is -0.141. The summed E-state index contributed by atoms with van der Waals surface area (Å²) < 4.78 is 44.6. The Hall–Kier alpha value is -2.36. The van der Waals surface area contributed by atoms with E-state index in [0.29, 0.717) is 18.7 Å². The molecule has 3 N–H and O–H groups in total. The molecule has 164 valence electrons. The van der Waals surface area contributed by atoms with Crippen LogP contribution in [-0.2, 0) is 12.7 Å². The number of nitrogens with zero attached hydrogens (tertiary/aromatic N) is 2. The Labute approximate surface area is 178 Å². The zero-order valence-electron chi connectivity index (χ0n) is 16.1. The molecular formula is C20H23ClF3N3O3. The zero-order chi connectivity index (χ0) is 21.0. The number of aliphatic hydroxyl groups is 1. The fourth-order valence-electron chi connectivity index (χ4n) is 3.27. The van der Waals surface area contributed by atoms with Crippen LogP contribution in [0.25, 0.3) is 0 Å². The average molecular weight is 446 g/mol. The number of carbonyl (C=O) groups is 1. The van der Waals surface area contributed by atoms with E-state index in [2.05, 4.69) is 4.98 Å². The molecule has 1 saturated heterocycles. The minimum Gasteiger partial charge on any atom is -0.439 e. The fraction of sp³-hybridized carbons (Fsp3) is 0.400. The molecule has 1 fully saturated rings. The van der Waals surface area contributed by atoms with Crippen LogP contribution in [0.4, 0.5) is 13.2 Å². The summed E-state index contributed by atoms with van der Waals surface area (Å²) in [6, 6.07) is 8.42. The third kappa shape index (κ3) is 5.84. The number of aromatic nitrogens is 1. The Bertz CT molecular complexity index is 880. The van der Waals surface area contributed by atoms with E-state index in [1.54, 1.807) is 17.0 Å². The van der Waals surface area contributed by atoms with Crippen molar-refractivity contribution < 1.29 is 27.8 Å². The number of aliphatic hydroxyl groups excluding tert-OH is 1. The molecule has 1 aliphatic rings. The molecule has 0 bridgehead atoms. The van der Waals surface area contributed by atoms with Gasteiger partial charge >= 0.3 is 6.18 Å². The van der Waals surface area contributed by atoms with Crippen LogP contribution in [0.3, 0.4) is 0 Å². The lowest BCUT2D eigenvalue weighted by atomic mass is 9.98. The van der Waals surface area contributed by atoms with Crippen LogP contribution in [0.5, 0.6) is 11.6 Å². The Morgan fingerprint density at radius 3 is 2.73 bits per heavy atom. The molecule has 10 heteroatoms. The number of benzene rings is 1. The highest BCUT2D eigenvalue weighted by atomic mass is 35.5. The largest absolute Gasteiger partial charge is 0.439 e. The lowest BCUT2D eigenvalue weighted by Gasteiger charge is -2.32. The number of likely N-dealkylation sites (tertiary alicyclic amines) is 1. The number of carbonyl (C=O) groups excluding carboxylic acids is 1. The standard InChI is InChI=1S/C20H22F3N3O3.ClH/c21-20(22,23)17-7-14(10-24)8-18(25-17)29-16-5-1-4-15(9-16)19(28)26-6-2-3-13(11-26)12-27;/h1,4-5,7-9,13,27H,2-3,6,10-12,24H2;1H/t13-;/m0./s1.